The van der Waals surface area contributed by atoms with E-state index in [0.717, 1.165) is 25.9 Å². The Kier molecular flexibility index (Phi) is 6.13. The summed E-state index contributed by atoms with van der Waals surface area (Å²) < 4.78 is 28.3. The first-order valence-electron chi connectivity index (χ1n) is 7.38. The molecule has 0 unspecified atom stereocenters. The highest BCUT2D eigenvalue weighted by atomic mass is 19.3. The van der Waals surface area contributed by atoms with Gasteiger partial charge in [0.05, 0.1) is 13.1 Å². The zero-order valence-electron chi connectivity index (χ0n) is 12.6. The van der Waals surface area contributed by atoms with Gasteiger partial charge in [-0.3, -0.25) is 9.59 Å². The van der Waals surface area contributed by atoms with Crippen molar-refractivity contribution >= 4 is 17.5 Å². The Balaban J connectivity index is 1.68. The number of likely N-dealkylation sites (tertiary alicyclic amines) is 1. The van der Waals surface area contributed by atoms with Gasteiger partial charge >= 0.3 is 6.61 Å². The van der Waals surface area contributed by atoms with Crippen molar-refractivity contribution in [3.8, 4) is 5.75 Å². The van der Waals surface area contributed by atoms with Gasteiger partial charge < -0.3 is 20.3 Å². The fraction of sp³-hybridized carbons (Fsp3) is 0.467. The molecule has 6 nitrogen and oxygen atoms in total. The maximum absolute atomic E-state index is 12.0. The molecule has 0 radical (unpaired) electrons. The summed E-state index contributed by atoms with van der Waals surface area (Å²) in [5.74, 6) is -0.346. The molecule has 2 rings (SSSR count). The molecule has 0 atom stereocenters. The molecule has 0 bridgehead atoms. The number of alkyl halides is 2. The van der Waals surface area contributed by atoms with Crippen molar-refractivity contribution in [3.63, 3.8) is 0 Å². The molecule has 0 spiro atoms. The van der Waals surface area contributed by atoms with Gasteiger partial charge in [0.25, 0.3) is 0 Å². The van der Waals surface area contributed by atoms with E-state index in [-0.39, 0.29) is 30.7 Å². The van der Waals surface area contributed by atoms with E-state index >= 15 is 0 Å². The summed E-state index contributed by atoms with van der Waals surface area (Å²) in [5, 5.41) is 5.39. The van der Waals surface area contributed by atoms with Gasteiger partial charge in [0.15, 0.2) is 0 Å². The van der Waals surface area contributed by atoms with Crippen molar-refractivity contribution in [1.82, 2.24) is 10.2 Å². The number of hydrogen-bond donors (Lipinski definition) is 2. The van der Waals surface area contributed by atoms with Gasteiger partial charge in [-0.15, -0.1) is 0 Å². The van der Waals surface area contributed by atoms with E-state index in [9.17, 15) is 18.4 Å². The largest absolute Gasteiger partial charge is 0.435 e. The number of hydrogen-bond acceptors (Lipinski definition) is 4. The lowest BCUT2D eigenvalue weighted by molar-refractivity contribution is -0.131. The van der Waals surface area contributed by atoms with Crippen LogP contribution in [0.3, 0.4) is 0 Å². The molecular weight excluding hydrogens is 308 g/mol. The smallest absolute Gasteiger partial charge is 0.387 e. The normalized spacial score (nSPS) is 14.0. The zero-order chi connectivity index (χ0) is 16.7. The van der Waals surface area contributed by atoms with Gasteiger partial charge in [-0.1, -0.05) is 0 Å². The second-order valence-corrected chi connectivity index (χ2v) is 5.12. The number of carbonyl (C=O) groups excluding carboxylic acids is 2. The summed E-state index contributed by atoms with van der Waals surface area (Å²) in [7, 11) is 0. The second-order valence-electron chi connectivity index (χ2n) is 5.12. The first-order chi connectivity index (χ1) is 11.0. The van der Waals surface area contributed by atoms with Crippen molar-refractivity contribution in [2.75, 3.05) is 31.5 Å². The van der Waals surface area contributed by atoms with Crippen LogP contribution in [-0.2, 0) is 9.59 Å². The van der Waals surface area contributed by atoms with Gasteiger partial charge in [0, 0.05) is 18.8 Å². The highest BCUT2D eigenvalue weighted by molar-refractivity contribution is 5.86. The molecule has 1 heterocycles. The third kappa shape index (κ3) is 5.72. The SMILES string of the molecule is O=C(CNc1ccc(OC(F)F)cc1)NCC(=O)N1CCCC1. The molecule has 2 N–H and O–H groups in total. The summed E-state index contributed by atoms with van der Waals surface area (Å²) in [4.78, 5) is 25.2. The number of nitrogens with zero attached hydrogens (tertiary/aromatic N) is 1. The third-order valence-corrected chi connectivity index (χ3v) is 3.43. The Morgan fingerprint density at radius 3 is 2.39 bits per heavy atom. The first kappa shape index (κ1) is 17.0. The molecule has 1 aromatic carbocycles. The minimum absolute atomic E-state index is 0.0116. The van der Waals surface area contributed by atoms with Crippen LogP contribution < -0.4 is 15.4 Å². The van der Waals surface area contributed by atoms with E-state index in [1.165, 1.54) is 24.3 Å². The monoisotopic (exact) mass is 327 g/mol. The molecular formula is C15H19F2N3O3. The first-order valence-corrected chi connectivity index (χ1v) is 7.38. The number of ether oxygens (including phenoxy) is 1. The van der Waals surface area contributed by atoms with Crippen molar-refractivity contribution in [2.45, 2.75) is 19.5 Å². The number of benzene rings is 1. The summed E-state index contributed by atoms with van der Waals surface area (Å²) in [6.07, 6.45) is 2.01. The van der Waals surface area contributed by atoms with Crippen molar-refractivity contribution < 1.29 is 23.1 Å². The Bertz CT molecular complexity index is 531. The highest BCUT2D eigenvalue weighted by Gasteiger charge is 2.17. The van der Waals surface area contributed by atoms with Crippen LogP contribution in [0.4, 0.5) is 14.5 Å². The number of rotatable bonds is 7. The molecule has 0 aliphatic carbocycles. The van der Waals surface area contributed by atoms with Crippen molar-refractivity contribution in [1.29, 1.82) is 0 Å². The van der Waals surface area contributed by atoms with Crippen LogP contribution in [0, 0.1) is 0 Å². The summed E-state index contributed by atoms with van der Waals surface area (Å²) in [5.41, 5.74) is 0.590. The fourth-order valence-corrected chi connectivity index (χ4v) is 2.25. The molecule has 2 amide bonds. The summed E-state index contributed by atoms with van der Waals surface area (Å²) in [6, 6.07) is 5.81. The minimum atomic E-state index is -2.87. The Labute approximate surface area is 132 Å². The lowest BCUT2D eigenvalue weighted by Crippen LogP contribution is -2.40. The molecule has 1 aliphatic rings. The Hall–Kier alpha value is -2.38. The molecule has 1 aliphatic heterocycles. The topological polar surface area (TPSA) is 70.7 Å². The predicted molar refractivity (Wildman–Crippen MR) is 80.4 cm³/mol. The quantitative estimate of drug-likeness (QED) is 0.795. The fourth-order valence-electron chi connectivity index (χ4n) is 2.25. The Morgan fingerprint density at radius 2 is 1.78 bits per heavy atom. The number of halogens is 2. The lowest BCUT2D eigenvalue weighted by atomic mass is 10.3. The van der Waals surface area contributed by atoms with Crippen LogP contribution in [0.1, 0.15) is 12.8 Å². The maximum Gasteiger partial charge on any atom is 0.387 e. The summed E-state index contributed by atoms with van der Waals surface area (Å²) in [6.45, 7) is -1.39. The molecule has 126 valence electrons. The molecule has 0 aromatic heterocycles. The molecule has 1 aromatic rings. The number of nitrogens with one attached hydrogen (secondary N) is 2. The van der Waals surface area contributed by atoms with E-state index in [2.05, 4.69) is 15.4 Å². The van der Waals surface area contributed by atoms with Crippen LogP contribution in [-0.4, -0.2) is 49.5 Å². The number of amides is 2. The van der Waals surface area contributed by atoms with Crippen LogP contribution >= 0.6 is 0 Å². The molecule has 0 saturated carbocycles. The van der Waals surface area contributed by atoms with Crippen molar-refractivity contribution in [2.24, 2.45) is 0 Å². The average molecular weight is 327 g/mol. The van der Waals surface area contributed by atoms with Gasteiger partial charge in [0.1, 0.15) is 5.75 Å². The van der Waals surface area contributed by atoms with E-state index in [1.54, 1.807) is 4.90 Å². The second kappa shape index (κ2) is 8.30. The number of carbonyl (C=O) groups is 2. The average Bonchev–Trinajstić information content (AvgIpc) is 3.06. The van der Waals surface area contributed by atoms with E-state index in [0.29, 0.717) is 5.69 Å². The van der Waals surface area contributed by atoms with Crippen LogP contribution in [0.5, 0.6) is 5.75 Å². The highest BCUT2D eigenvalue weighted by Crippen LogP contribution is 2.17. The standard InChI is InChI=1S/C15H19F2N3O3/c16-15(17)23-12-5-3-11(4-6-12)18-9-13(21)19-10-14(22)20-7-1-2-8-20/h3-6,15,18H,1-2,7-10H2,(H,19,21). The van der Waals surface area contributed by atoms with Gasteiger partial charge in [-0.25, -0.2) is 0 Å². The molecule has 1 saturated heterocycles. The van der Waals surface area contributed by atoms with E-state index in [4.69, 9.17) is 0 Å². The lowest BCUT2D eigenvalue weighted by Gasteiger charge is -2.15. The van der Waals surface area contributed by atoms with Crippen LogP contribution in [0.2, 0.25) is 0 Å². The third-order valence-electron chi connectivity index (χ3n) is 3.43. The maximum atomic E-state index is 12.0. The zero-order valence-corrected chi connectivity index (χ0v) is 12.6. The van der Waals surface area contributed by atoms with E-state index in [1.807, 2.05) is 0 Å². The molecule has 23 heavy (non-hydrogen) atoms. The predicted octanol–water partition coefficient (Wildman–Crippen LogP) is 1.44. The molecule has 1 fully saturated rings. The Morgan fingerprint density at radius 1 is 1.13 bits per heavy atom. The minimum Gasteiger partial charge on any atom is -0.435 e. The van der Waals surface area contributed by atoms with Crippen LogP contribution in [0.15, 0.2) is 24.3 Å². The summed E-state index contributed by atoms with van der Waals surface area (Å²) >= 11 is 0. The molecule has 8 heteroatoms. The van der Waals surface area contributed by atoms with Gasteiger partial charge in [-0.2, -0.15) is 8.78 Å². The van der Waals surface area contributed by atoms with Crippen LogP contribution in [0.25, 0.3) is 0 Å². The van der Waals surface area contributed by atoms with Gasteiger partial charge in [-0.05, 0) is 37.1 Å². The van der Waals surface area contributed by atoms with Gasteiger partial charge in [0.2, 0.25) is 11.8 Å². The van der Waals surface area contributed by atoms with Crippen molar-refractivity contribution in [3.05, 3.63) is 24.3 Å². The van der Waals surface area contributed by atoms with E-state index < -0.39 is 6.61 Å². The number of anilines is 1.